The van der Waals surface area contributed by atoms with Gasteiger partial charge in [0, 0.05) is 31.4 Å². The highest BCUT2D eigenvalue weighted by Crippen LogP contribution is 2.38. The summed E-state index contributed by atoms with van der Waals surface area (Å²) in [7, 11) is 4.66. The van der Waals surface area contributed by atoms with Crippen LogP contribution in [0.25, 0.3) is 0 Å². The number of hydrogen-bond acceptors (Lipinski definition) is 6. The summed E-state index contributed by atoms with van der Waals surface area (Å²) in [5.41, 5.74) is 2.80. The number of carbonyl (C=O) groups is 1. The number of unbranched alkanes of at least 4 members (excludes halogenated alkanes) is 3. The molecule has 3 rings (SSSR count). The number of anilines is 1. The monoisotopic (exact) mass is 491 g/mol. The van der Waals surface area contributed by atoms with Gasteiger partial charge in [0.15, 0.2) is 11.5 Å². The molecule has 1 aromatic heterocycles. The Hall–Kier alpha value is -3.74. The molecule has 2 aromatic carbocycles. The number of rotatable bonds is 14. The predicted octanol–water partition coefficient (Wildman–Crippen LogP) is 5.73. The molecule has 0 bridgehead atoms. The summed E-state index contributed by atoms with van der Waals surface area (Å²) in [5, 5.41) is 3.34. The van der Waals surface area contributed by atoms with Crippen molar-refractivity contribution in [2.24, 2.45) is 0 Å². The summed E-state index contributed by atoms with van der Waals surface area (Å²) in [6, 6.07) is 17.6. The molecule has 7 heteroatoms. The first-order valence-electron chi connectivity index (χ1n) is 12.4. The van der Waals surface area contributed by atoms with Gasteiger partial charge in [0.1, 0.15) is 5.82 Å². The molecule has 0 spiro atoms. The van der Waals surface area contributed by atoms with Crippen LogP contribution >= 0.6 is 0 Å². The van der Waals surface area contributed by atoms with Crippen molar-refractivity contribution in [3.63, 3.8) is 0 Å². The first kappa shape index (κ1) is 26.9. The second-order valence-electron chi connectivity index (χ2n) is 8.68. The molecule has 1 N–H and O–H groups in total. The van der Waals surface area contributed by atoms with E-state index in [0.29, 0.717) is 35.9 Å². The summed E-state index contributed by atoms with van der Waals surface area (Å²) in [5.74, 6) is 2.25. The van der Waals surface area contributed by atoms with Crippen molar-refractivity contribution in [1.82, 2.24) is 9.88 Å². The summed E-state index contributed by atoms with van der Waals surface area (Å²) in [4.78, 5) is 19.8. The molecule has 0 fully saturated rings. The van der Waals surface area contributed by atoms with Gasteiger partial charge in [-0.3, -0.25) is 4.79 Å². The van der Waals surface area contributed by atoms with Crippen molar-refractivity contribution in [1.29, 1.82) is 0 Å². The summed E-state index contributed by atoms with van der Waals surface area (Å²) in [6.07, 6.45) is 5.88. The number of hydrogen-bond donors (Lipinski definition) is 1. The summed E-state index contributed by atoms with van der Waals surface area (Å²) in [6.45, 7) is 4.15. The summed E-state index contributed by atoms with van der Waals surface area (Å²) < 4.78 is 16.3. The Morgan fingerprint density at radius 2 is 1.58 bits per heavy atom. The molecule has 192 valence electrons. The second-order valence-corrected chi connectivity index (χ2v) is 8.68. The molecule has 3 aromatic rings. The van der Waals surface area contributed by atoms with Crippen LogP contribution in [-0.2, 0) is 6.54 Å². The van der Waals surface area contributed by atoms with Gasteiger partial charge < -0.3 is 24.4 Å². The van der Waals surface area contributed by atoms with E-state index in [1.807, 2.05) is 23.1 Å². The molecule has 0 aliphatic heterocycles. The molecule has 0 saturated carbocycles. The highest BCUT2D eigenvalue weighted by molar-refractivity contribution is 5.95. The van der Waals surface area contributed by atoms with Gasteiger partial charge in [0.05, 0.1) is 21.3 Å². The molecule has 0 aliphatic rings. The number of carbonyl (C=O) groups excluding carboxylic acids is 1. The van der Waals surface area contributed by atoms with E-state index < -0.39 is 0 Å². The number of nitrogens with zero attached hydrogens (tertiary/aromatic N) is 2. The van der Waals surface area contributed by atoms with Crippen molar-refractivity contribution >= 4 is 11.7 Å². The van der Waals surface area contributed by atoms with E-state index in [1.54, 1.807) is 39.7 Å². The molecule has 0 unspecified atom stereocenters. The van der Waals surface area contributed by atoms with Crippen LogP contribution in [0.15, 0.2) is 60.8 Å². The van der Waals surface area contributed by atoms with Gasteiger partial charge in [0.25, 0.3) is 5.91 Å². The lowest BCUT2D eigenvalue weighted by Gasteiger charge is -2.24. The number of aromatic nitrogens is 1. The Kier molecular flexibility index (Phi) is 10.4. The zero-order chi connectivity index (χ0) is 25.8. The summed E-state index contributed by atoms with van der Waals surface area (Å²) >= 11 is 0. The quantitative estimate of drug-likeness (QED) is 0.290. The first-order chi connectivity index (χ1) is 17.5. The van der Waals surface area contributed by atoms with Crippen LogP contribution in [0, 0.1) is 6.92 Å². The number of amides is 1. The van der Waals surface area contributed by atoms with Gasteiger partial charge in [-0.1, -0.05) is 48.7 Å². The highest BCUT2D eigenvalue weighted by Gasteiger charge is 2.21. The van der Waals surface area contributed by atoms with Crippen LogP contribution in [-0.4, -0.2) is 50.2 Å². The third-order valence-corrected chi connectivity index (χ3v) is 6.02. The Morgan fingerprint density at radius 3 is 2.19 bits per heavy atom. The molecular formula is C29H37N3O4. The Bertz CT molecular complexity index is 1060. The number of nitrogens with one attached hydrogen (secondary N) is 1. The van der Waals surface area contributed by atoms with Crippen LogP contribution in [0.2, 0.25) is 0 Å². The fraction of sp³-hybridized carbons (Fsp3) is 0.379. The fourth-order valence-corrected chi connectivity index (χ4v) is 4.02. The molecule has 36 heavy (non-hydrogen) atoms. The lowest BCUT2D eigenvalue weighted by atomic mass is 10.1. The largest absolute Gasteiger partial charge is 0.493 e. The number of pyridine rings is 1. The second kappa shape index (κ2) is 14.0. The number of benzene rings is 2. The minimum Gasteiger partial charge on any atom is -0.493 e. The fourth-order valence-electron chi connectivity index (χ4n) is 4.02. The van der Waals surface area contributed by atoms with Crippen LogP contribution in [0.5, 0.6) is 17.2 Å². The van der Waals surface area contributed by atoms with Gasteiger partial charge in [0.2, 0.25) is 5.75 Å². The van der Waals surface area contributed by atoms with E-state index in [-0.39, 0.29) is 5.91 Å². The topological polar surface area (TPSA) is 72.9 Å². The van der Waals surface area contributed by atoms with Crippen molar-refractivity contribution < 1.29 is 19.0 Å². The third-order valence-electron chi connectivity index (χ3n) is 6.02. The van der Waals surface area contributed by atoms with Gasteiger partial charge in [-0.15, -0.1) is 0 Å². The maximum absolute atomic E-state index is 13.6. The molecular weight excluding hydrogens is 454 g/mol. The van der Waals surface area contributed by atoms with Gasteiger partial charge in [-0.25, -0.2) is 4.98 Å². The van der Waals surface area contributed by atoms with Crippen molar-refractivity contribution in [3.05, 3.63) is 77.5 Å². The van der Waals surface area contributed by atoms with E-state index in [9.17, 15) is 4.79 Å². The minimum atomic E-state index is -0.0633. The number of ether oxygens (including phenoxy) is 3. The zero-order valence-corrected chi connectivity index (χ0v) is 21.8. The van der Waals surface area contributed by atoms with Crippen molar-refractivity contribution in [2.75, 3.05) is 39.7 Å². The first-order valence-corrected chi connectivity index (χ1v) is 12.4. The molecule has 1 amide bonds. The predicted molar refractivity (Wildman–Crippen MR) is 143 cm³/mol. The molecule has 0 saturated heterocycles. The molecule has 1 heterocycles. The smallest absolute Gasteiger partial charge is 0.254 e. The van der Waals surface area contributed by atoms with Crippen molar-refractivity contribution in [3.8, 4) is 17.2 Å². The SMILES string of the molecule is COc1cc(C(=O)N(CCCCCCNc2ccccn2)Cc2ccc(C)cc2)cc(OC)c1OC. The van der Waals surface area contributed by atoms with E-state index in [1.165, 1.54) is 5.56 Å². The Morgan fingerprint density at radius 1 is 0.889 bits per heavy atom. The highest BCUT2D eigenvalue weighted by atomic mass is 16.5. The van der Waals surface area contributed by atoms with Gasteiger partial charge in [-0.2, -0.15) is 0 Å². The maximum atomic E-state index is 13.6. The van der Waals surface area contributed by atoms with Crippen LogP contribution < -0.4 is 19.5 Å². The van der Waals surface area contributed by atoms with Crippen molar-refractivity contribution in [2.45, 2.75) is 39.2 Å². The van der Waals surface area contributed by atoms with E-state index in [4.69, 9.17) is 14.2 Å². The molecule has 7 nitrogen and oxygen atoms in total. The Labute approximate surface area is 214 Å². The molecule has 0 radical (unpaired) electrons. The standard InChI is InChI=1S/C29H37N3O4/c1-22-12-14-23(15-13-22)21-32(18-10-6-5-8-16-30-27-11-7-9-17-31-27)29(33)24-19-25(34-2)28(36-4)26(20-24)35-3/h7,9,11-15,17,19-20H,5-6,8,10,16,18,21H2,1-4H3,(H,30,31). The number of aryl methyl sites for hydroxylation is 1. The van der Waals surface area contributed by atoms with Gasteiger partial charge in [-0.05, 0) is 49.6 Å². The molecule has 0 atom stereocenters. The zero-order valence-electron chi connectivity index (χ0n) is 21.8. The normalized spacial score (nSPS) is 10.6. The third kappa shape index (κ3) is 7.63. The van der Waals surface area contributed by atoms with Crippen LogP contribution in [0.1, 0.15) is 47.2 Å². The molecule has 0 aliphatic carbocycles. The minimum absolute atomic E-state index is 0.0633. The average molecular weight is 492 g/mol. The average Bonchev–Trinajstić information content (AvgIpc) is 2.92. The van der Waals surface area contributed by atoms with E-state index in [2.05, 4.69) is 41.5 Å². The van der Waals surface area contributed by atoms with Gasteiger partial charge >= 0.3 is 0 Å². The maximum Gasteiger partial charge on any atom is 0.254 e. The van der Waals surface area contributed by atoms with E-state index >= 15 is 0 Å². The lowest BCUT2D eigenvalue weighted by Crippen LogP contribution is -2.31. The Balaban J connectivity index is 1.64. The number of methoxy groups -OCH3 is 3. The lowest BCUT2D eigenvalue weighted by molar-refractivity contribution is 0.0739. The van der Waals surface area contributed by atoms with Crippen LogP contribution in [0.4, 0.5) is 5.82 Å². The van der Waals surface area contributed by atoms with Crippen LogP contribution in [0.3, 0.4) is 0 Å². The van der Waals surface area contributed by atoms with E-state index in [0.717, 1.165) is 43.6 Å².